The Hall–Kier alpha value is -1.00. The van der Waals surface area contributed by atoms with E-state index in [-0.39, 0.29) is 30.8 Å². The molecule has 3 rings (SSSR count). The van der Waals surface area contributed by atoms with Crippen LogP contribution < -0.4 is 5.73 Å². The predicted molar refractivity (Wildman–Crippen MR) is 76.5 cm³/mol. The van der Waals surface area contributed by atoms with Crippen molar-refractivity contribution in [2.75, 3.05) is 6.61 Å². The fourth-order valence-electron chi connectivity index (χ4n) is 2.47. The molecule has 3 N–H and O–H groups in total. The lowest BCUT2D eigenvalue weighted by atomic mass is 10.1. The molecule has 0 spiro atoms. The van der Waals surface area contributed by atoms with E-state index in [1.165, 1.54) is 0 Å². The SMILES string of the molecule is NC1=NC(=O)C2C(I)=CN([C@H]3CC[C@@H](CO)O3)C2=N1. The molecular weight excluding hydrogens is 363 g/mol. The third-order valence-corrected chi connectivity index (χ3v) is 4.26. The van der Waals surface area contributed by atoms with Gasteiger partial charge >= 0.3 is 0 Å². The number of aliphatic hydroxyl groups is 1. The average molecular weight is 376 g/mol. The Morgan fingerprint density at radius 3 is 3.00 bits per heavy atom. The third kappa shape index (κ3) is 2.17. The molecule has 7 nitrogen and oxygen atoms in total. The van der Waals surface area contributed by atoms with Crippen molar-refractivity contribution in [1.82, 2.24) is 4.90 Å². The van der Waals surface area contributed by atoms with Crippen molar-refractivity contribution in [2.24, 2.45) is 21.6 Å². The van der Waals surface area contributed by atoms with E-state index in [9.17, 15) is 4.79 Å². The third-order valence-electron chi connectivity index (χ3n) is 3.36. The molecule has 8 heteroatoms. The molecule has 0 bridgehead atoms. The number of nitrogens with two attached hydrogens (primary N) is 1. The number of aliphatic hydroxyl groups excluding tert-OH is 1. The number of guanidine groups is 1. The summed E-state index contributed by atoms with van der Waals surface area (Å²) in [5, 5.41) is 9.11. The van der Waals surface area contributed by atoms with Gasteiger partial charge in [-0.15, -0.1) is 0 Å². The summed E-state index contributed by atoms with van der Waals surface area (Å²) in [6, 6.07) is 0. The van der Waals surface area contributed by atoms with Crippen LogP contribution >= 0.6 is 22.6 Å². The van der Waals surface area contributed by atoms with Crippen LogP contribution in [0.5, 0.6) is 0 Å². The smallest absolute Gasteiger partial charge is 0.264 e. The maximum Gasteiger partial charge on any atom is 0.264 e. The number of aliphatic imine (C=N–C) groups is 2. The highest BCUT2D eigenvalue weighted by Crippen LogP contribution is 2.36. The number of amides is 1. The van der Waals surface area contributed by atoms with Gasteiger partial charge in [0, 0.05) is 9.78 Å². The Kier molecular flexibility index (Phi) is 3.31. The van der Waals surface area contributed by atoms with Crippen LogP contribution in [0.25, 0.3) is 0 Å². The molecule has 1 amide bonds. The van der Waals surface area contributed by atoms with E-state index < -0.39 is 5.92 Å². The summed E-state index contributed by atoms with van der Waals surface area (Å²) in [4.78, 5) is 21.6. The lowest BCUT2D eigenvalue weighted by molar-refractivity contribution is -0.118. The molecule has 0 aliphatic carbocycles. The molecule has 3 aliphatic heterocycles. The normalized spacial score (nSPS) is 34.0. The number of ether oxygens (including phenoxy) is 1. The summed E-state index contributed by atoms with van der Waals surface area (Å²) in [5.74, 6) is -0.185. The Labute approximate surface area is 123 Å². The summed E-state index contributed by atoms with van der Waals surface area (Å²) in [7, 11) is 0. The second-order valence-corrected chi connectivity index (χ2v) is 5.85. The average Bonchev–Trinajstić information content (AvgIpc) is 2.93. The number of nitrogens with zero attached hydrogens (tertiary/aromatic N) is 3. The van der Waals surface area contributed by atoms with Gasteiger partial charge in [0.05, 0.1) is 12.7 Å². The van der Waals surface area contributed by atoms with Crippen molar-refractivity contribution in [3.63, 3.8) is 0 Å². The standard InChI is InChI=1S/C11H13IN4O3/c12-6-3-16(7-2-1-5(4-17)19-7)9-8(6)10(18)15-11(13)14-9/h3,5,7-8,17H,1-2,4H2,(H2,13,15,18)/t5-,7+,8?/m0/s1. The van der Waals surface area contributed by atoms with Gasteiger partial charge in [-0.05, 0) is 35.4 Å². The van der Waals surface area contributed by atoms with Crippen molar-refractivity contribution in [1.29, 1.82) is 0 Å². The molecule has 19 heavy (non-hydrogen) atoms. The van der Waals surface area contributed by atoms with Crippen LogP contribution in [0.15, 0.2) is 19.8 Å². The molecule has 3 atom stereocenters. The number of rotatable bonds is 2. The second kappa shape index (κ2) is 4.84. The molecular formula is C11H13IN4O3. The molecule has 0 aromatic carbocycles. The lowest BCUT2D eigenvalue weighted by Gasteiger charge is -2.27. The quantitative estimate of drug-likeness (QED) is 0.658. The van der Waals surface area contributed by atoms with Gasteiger partial charge in [0.2, 0.25) is 5.96 Å². The number of amidine groups is 1. The van der Waals surface area contributed by atoms with Crippen molar-refractivity contribution < 1.29 is 14.6 Å². The zero-order chi connectivity index (χ0) is 13.6. The van der Waals surface area contributed by atoms with Gasteiger partial charge in [-0.25, -0.2) is 0 Å². The summed E-state index contributed by atoms with van der Waals surface area (Å²) in [5.41, 5.74) is 5.55. The summed E-state index contributed by atoms with van der Waals surface area (Å²) in [6.07, 6.45) is 3.06. The minimum absolute atomic E-state index is 0.00355. The first-order valence-corrected chi connectivity index (χ1v) is 7.06. The maximum atomic E-state index is 11.9. The van der Waals surface area contributed by atoms with Crippen LogP contribution in [0.4, 0.5) is 0 Å². The van der Waals surface area contributed by atoms with Crippen molar-refractivity contribution in [3.05, 3.63) is 9.78 Å². The van der Waals surface area contributed by atoms with Gasteiger partial charge in [0.1, 0.15) is 18.0 Å². The molecule has 3 aliphatic rings. The molecule has 1 saturated heterocycles. The molecule has 3 heterocycles. The van der Waals surface area contributed by atoms with Crippen LogP contribution in [-0.4, -0.2) is 46.6 Å². The number of hydrogen-bond donors (Lipinski definition) is 2. The Morgan fingerprint density at radius 1 is 1.53 bits per heavy atom. The summed E-state index contributed by atoms with van der Waals surface area (Å²) in [6.45, 7) is 0.00355. The van der Waals surface area contributed by atoms with Gasteiger partial charge in [-0.2, -0.15) is 9.98 Å². The fourth-order valence-corrected chi connectivity index (χ4v) is 3.32. The molecule has 1 fully saturated rings. The minimum Gasteiger partial charge on any atom is -0.394 e. The predicted octanol–water partition coefficient (Wildman–Crippen LogP) is -0.0546. The number of carbonyl (C=O) groups excluding carboxylic acids is 1. The first-order chi connectivity index (χ1) is 9.10. The van der Waals surface area contributed by atoms with Crippen molar-refractivity contribution in [2.45, 2.75) is 25.2 Å². The topological polar surface area (TPSA) is 101 Å². The van der Waals surface area contributed by atoms with Gasteiger partial charge < -0.3 is 20.5 Å². The largest absolute Gasteiger partial charge is 0.394 e. The van der Waals surface area contributed by atoms with Crippen molar-refractivity contribution >= 4 is 40.3 Å². The van der Waals surface area contributed by atoms with Crippen LogP contribution in [0, 0.1) is 5.92 Å². The molecule has 1 unspecified atom stereocenters. The van der Waals surface area contributed by atoms with E-state index in [2.05, 4.69) is 32.6 Å². The summed E-state index contributed by atoms with van der Waals surface area (Å²) >= 11 is 2.11. The van der Waals surface area contributed by atoms with Gasteiger partial charge in [0.25, 0.3) is 5.91 Å². The van der Waals surface area contributed by atoms with E-state index >= 15 is 0 Å². The Morgan fingerprint density at radius 2 is 2.32 bits per heavy atom. The van der Waals surface area contributed by atoms with E-state index in [4.69, 9.17) is 15.6 Å². The first kappa shape index (κ1) is 13.0. The van der Waals surface area contributed by atoms with Gasteiger partial charge in [0.15, 0.2) is 0 Å². The Balaban J connectivity index is 1.87. The van der Waals surface area contributed by atoms with Crippen LogP contribution in [-0.2, 0) is 9.53 Å². The van der Waals surface area contributed by atoms with Crippen molar-refractivity contribution in [3.8, 4) is 0 Å². The highest BCUT2D eigenvalue weighted by atomic mass is 127. The molecule has 0 aromatic heterocycles. The molecule has 0 radical (unpaired) electrons. The second-order valence-electron chi connectivity index (χ2n) is 4.61. The van der Waals surface area contributed by atoms with Gasteiger partial charge in [-0.3, -0.25) is 4.79 Å². The highest BCUT2D eigenvalue weighted by Gasteiger charge is 2.43. The Bertz CT molecular complexity index is 516. The van der Waals surface area contributed by atoms with E-state index in [0.29, 0.717) is 5.84 Å². The molecule has 0 saturated carbocycles. The monoisotopic (exact) mass is 376 g/mol. The van der Waals surface area contributed by atoms with Crippen LogP contribution in [0.2, 0.25) is 0 Å². The lowest BCUT2D eigenvalue weighted by Crippen LogP contribution is -2.41. The number of hydrogen-bond acceptors (Lipinski definition) is 6. The van der Waals surface area contributed by atoms with E-state index in [1.54, 1.807) is 0 Å². The minimum atomic E-state index is -0.454. The fraction of sp³-hybridized carbons (Fsp3) is 0.545. The molecule has 102 valence electrons. The number of halogens is 1. The zero-order valence-corrected chi connectivity index (χ0v) is 12.1. The first-order valence-electron chi connectivity index (χ1n) is 5.98. The highest BCUT2D eigenvalue weighted by molar-refractivity contribution is 14.1. The van der Waals surface area contributed by atoms with Gasteiger partial charge in [-0.1, -0.05) is 0 Å². The van der Waals surface area contributed by atoms with Crippen LogP contribution in [0.3, 0.4) is 0 Å². The summed E-state index contributed by atoms with van der Waals surface area (Å²) < 4.78 is 6.57. The van der Waals surface area contributed by atoms with Crippen LogP contribution in [0.1, 0.15) is 12.8 Å². The number of fused-ring (bicyclic) bond motifs is 1. The molecule has 0 aromatic rings. The van der Waals surface area contributed by atoms with E-state index in [0.717, 1.165) is 16.4 Å². The zero-order valence-electron chi connectivity index (χ0n) is 9.99. The maximum absolute atomic E-state index is 11.9. The van der Waals surface area contributed by atoms with E-state index in [1.807, 2.05) is 11.1 Å². The number of carbonyl (C=O) groups is 1.